The number of rotatable bonds is 0. The molecule has 0 saturated heterocycles. The van der Waals surface area contributed by atoms with E-state index in [-0.39, 0.29) is 0 Å². The lowest BCUT2D eigenvalue weighted by Gasteiger charge is -1.98. The number of fused-ring (bicyclic) bond motifs is 9. The predicted octanol–water partition coefficient (Wildman–Crippen LogP) is 6.90. The van der Waals surface area contributed by atoms with Crippen LogP contribution in [-0.4, -0.2) is 4.98 Å². The topological polar surface area (TPSA) is 15.8 Å². The van der Waals surface area contributed by atoms with Crippen LogP contribution in [0.15, 0.2) is 60.7 Å². The number of aromatic amines is 1. The van der Waals surface area contributed by atoms with Gasteiger partial charge in [-0.2, -0.15) is 0 Å². The summed E-state index contributed by atoms with van der Waals surface area (Å²) in [4.78, 5) is 3.63. The summed E-state index contributed by atoms with van der Waals surface area (Å²) in [5.41, 5.74) is 2.54. The fraction of sp³-hybridized carbons (Fsp3) is 0. The van der Waals surface area contributed by atoms with Gasteiger partial charge in [-0.15, -0.1) is 22.7 Å². The van der Waals surface area contributed by atoms with E-state index in [2.05, 4.69) is 65.6 Å². The van der Waals surface area contributed by atoms with Crippen molar-refractivity contribution in [1.29, 1.82) is 0 Å². The van der Waals surface area contributed by atoms with Crippen LogP contribution in [0.1, 0.15) is 0 Å². The molecule has 1 nitrogen and oxygen atoms in total. The Labute approximate surface area is 139 Å². The van der Waals surface area contributed by atoms with Gasteiger partial charge < -0.3 is 4.98 Å². The predicted molar refractivity (Wildman–Crippen MR) is 104 cm³/mol. The van der Waals surface area contributed by atoms with Crippen LogP contribution in [0, 0.1) is 0 Å². The second-order valence-corrected chi connectivity index (χ2v) is 7.97. The molecule has 0 radical (unpaired) electrons. The summed E-state index contributed by atoms with van der Waals surface area (Å²) in [6.07, 6.45) is 0. The highest BCUT2D eigenvalue weighted by molar-refractivity contribution is 7.37. The molecule has 6 aromatic rings. The second kappa shape index (κ2) is 4.13. The summed E-state index contributed by atoms with van der Waals surface area (Å²) < 4.78 is 5.59. The molecule has 0 aliphatic heterocycles. The molecule has 0 bridgehead atoms. The third kappa shape index (κ3) is 1.46. The fourth-order valence-electron chi connectivity index (χ4n) is 3.59. The van der Waals surface area contributed by atoms with Gasteiger partial charge in [0.25, 0.3) is 0 Å². The molecular weight excluding hydrogens is 318 g/mol. The lowest BCUT2D eigenvalue weighted by molar-refractivity contribution is 1.57. The minimum atomic E-state index is 1.23. The average Bonchev–Trinajstić information content (AvgIpc) is 3.23. The molecular formula is C20H11NS2. The normalized spacial score (nSPS) is 12.3. The van der Waals surface area contributed by atoms with Crippen molar-refractivity contribution in [3.05, 3.63) is 60.7 Å². The van der Waals surface area contributed by atoms with Gasteiger partial charge in [0, 0.05) is 21.0 Å². The van der Waals surface area contributed by atoms with Crippen molar-refractivity contribution in [3.63, 3.8) is 0 Å². The molecule has 0 atom stereocenters. The average molecular weight is 329 g/mol. The number of aromatic nitrogens is 1. The van der Waals surface area contributed by atoms with Gasteiger partial charge in [0.2, 0.25) is 0 Å². The number of benzene rings is 3. The SMILES string of the molecule is c1ccc2c(c1)ccc1sc3c4[nH]c5ccccc5c4sc3c12. The van der Waals surface area contributed by atoms with Crippen LogP contribution < -0.4 is 0 Å². The van der Waals surface area contributed by atoms with Gasteiger partial charge in [0.1, 0.15) is 0 Å². The molecule has 6 rings (SSSR count). The maximum absolute atomic E-state index is 3.63. The number of para-hydroxylation sites is 1. The van der Waals surface area contributed by atoms with Gasteiger partial charge in [-0.25, -0.2) is 0 Å². The van der Waals surface area contributed by atoms with Crippen molar-refractivity contribution < 1.29 is 0 Å². The van der Waals surface area contributed by atoms with E-state index in [1.54, 1.807) is 0 Å². The molecule has 3 heteroatoms. The van der Waals surface area contributed by atoms with Crippen molar-refractivity contribution in [3.8, 4) is 0 Å². The number of H-pyrrole nitrogens is 1. The molecule has 108 valence electrons. The van der Waals surface area contributed by atoms with Gasteiger partial charge in [0.05, 0.1) is 19.6 Å². The van der Waals surface area contributed by atoms with Crippen LogP contribution >= 0.6 is 22.7 Å². The van der Waals surface area contributed by atoms with E-state index in [0.717, 1.165) is 0 Å². The maximum atomic E-state index is 3.63. The highest BCUT2D eigenvalue weighted by atomic mass is 32.1. The molecule has 0 spiro atoms. The van der Waals surface area contributed by atoms with Crippen molar-refractivity contribution >= 4 is 74.1 Å². The number of nitrogens with one attached hydrogen (secondary N) is 1. The Morgan fingerprint density at radius 3 is 2.43 bits per heavy atom. The Morgan fingerprint density at radius 2 is 1.48 bits per heavy atom. The highest BCUT2D eigenvalue weighted by Crippen LogP contribution is 2.47. The number of hydrogen-bond donors (Lipinski definition) is 1. The van der Waals surface area contributed by atoms with E-state index < -0.39 is 0 Å². The van der Waals surface area contributed by atoms with Gasteiger partial charge in [-0.1, -0.05) is 48.5 Å². The standard InChI is InChI=1S/C20H11NS2/c1-2-6-12-11(5-1)9-10-15-16(12)19-20(22-15)17-18(23-19)13-7-3-4-8-14(13)21-17/h1-10,21H. The van der Waals surface area contributed by atoms with Crippen LogP contribution in [0.25, 0.3) is 51.4 Å². The molecule has 23 heavy (non-hydrogen) atoms. The monoisotopic (exact) mass is 329 g/mol. The molecule has 0 amide bonds. The Balaban J connectivity index is 1.91. The molecule has 3 heterocycles. The molecule has 0 unspecified atom stereocenters. The Bertz CT molecular complexity index is 1360. The van der Waals surface area contributed by atoms with Gasteiger partial charge >= 0.3 is 0 Å². The van der Waals surface area contributed by atoms with E-state index in [0.29, 0.717) is 0 Å². The Kier molecular flexibility index (Phi) is 2.18. The summed E-state index contributed by atoms with van der Waals surface area (Å²) in [5.74, 6) is 0. The maximum Gasteiger partial charge on any atom is 0.0756 e. The fourth-order valence-corrected chi connectivity index (χ4v) is 6.35. The largest absolute Gasteiger partial charge is 0.353 e. The number of hydrogen-bond acceptors (Lipinski definition) is 2. The van der Waals surface area contributed by atoms with E-state index in [1.807, 2.05) is 22.7 Å². The third-order valence-corrected chi connectivity index (χ3v) is 7.17. The molecule has 0 saturated carbocycles. The summed E-state index contributed by atoms with van der Waals surface area (Å²) in [6.45, 7) is 0. The summed E-state index contributed by atoms with van der Waals surface area (Å²) >= 11 is 3.84. The van der Waals surface area contributed by atoms with Crippen molar-refractivity contribution in [2.45, 2.75) is 0 Å². The van der Waals surface area contributed by atoms with E-state index in [4.69, 9.17) is 0 Å². The van der Waals surface area contributed by atoms with Crippen molar-refractivity contribution in [1.82, 2.24) is 4.98 Å². The first-order valence-corrected chi connectivity index (χ1v) is 9.26. The molecule has 0 fully saturated rings. The minimum absolute atomic E-state index is 1.23. The smallest absolute Gasteiger partial charge is 0.0756 e. The van der Waals surface area contributed by atoms with Crippen LogP contribution in [0.4, 0.5) is 0 Å². The van der Waals surface area contributed by atoms with Gasteiger partial charge in [-0.05, 0) is 22.9 Å². The summed E-state index contributed by atoms with van der Waals surface area (Å²) in [5, 5.41) is 5.44. The van der Waals surface area contributed by atoms with Crippen LogP contribution in [0.2, 0.25) is 0 Å². The van der Waals surface area contributed by atoms with Crippen LogP contribution in [-0.2, 0) is 0 Å². The third-order valence-electron chi connectivity index (χ3n) is 4.63. The van der Waals surface area contributed by atoms with E-state index >= 15 is 0 Å². The Morgan fingerprint density at radius 1 is 0.652 bits per heavy atom. The number of thiophene rings is 2. The molecule has 1 N–H and O–H groups in total. The minimum Gasteiger partial charge on any atom is -0.353 e. The first-order chi connectivity index (χ1) is 11.4. The summed E-state index contributed by atoms with van der Waals surface area (Å²) in [6, 6.07) is 21.8. The van der Waals surface area contributed by atoms with Gasteiger partial charge in [0.15, 0.2) is 0 Å². The molecule has 3 aromatic carbocycles. The zero-order valence-electron chi connectivity index (χ0n) is 12.1. The highest BCUT2D eigenvalue weighted by Gasteiger charge is 2.17. The Hall–Kier alpha value is -2.36. The van der Waals surface area contributed by atoms with Crippen LogP contribution in [0.3, 0.4) is 0 Å². The van der Waals surface area contributed by atoms with Crippen molar-refractivity contribution in [2.75, 3.05) is 0 Å². The second-order valence-electron chi connectivity index (χ2n) is 5.90. The first-order valence-electron chi connectivity index (χ1n) is 7.63. The molecule has 0 aliphatic carbocycles. The van der Waals surface area contributed by atoms with Crippen LogP contribution in [0.5, 0.6) is 0 Å². The lowest BCUT2D eigenvalue weighted by Crippen LogP contribution is -1.71. The zero-order chi connectivity index (χ0) is 15.0. The van der Waals surface area contributed by atoms with Crippen molar-refractivity contribution in [2.24, 2.45) is 0 Å². The van der Waals surface area contributed by atoms with E-state index in [9.17, 15) is 0 Å². The van der Waals surface area contributed by atoms with Gasteiger partial charge in [-0.3, -0.25) is 0 Å². The lowest BCUT2D eigenvalue weighted by atomic mass is 10.1. The quantitative estimate of drug-likeness (QED) is 0.312. The molecule has 3 aromatic heterocycles. The molecule has 0 aliphatic rings. The van der Waals surface area contributed by atoms with E-state index in [1.165, 1.54) is 51.4 Å². The first kappa shape index (κ1) is 12.1. The summed E-state index contributed by atoms with van der Waals surface area (Å²) in [7, 11) is 0. The zero-order valence-corrected chi connectivity index (χ0v) is 13.7.